The lowest BCUT2D eigenvalue weighted by Crippen LogP contribution is -2.22. The summed E-state index contributed by atoms with van der Waals surface area (Å²) in [6.07, 6.45) is 0. The summed E-state index contributed by atoms with van der Waals surface area (Å²) in [5, 5.41) is 14.6. The van der Waals surface area contributed by atoms with Gasteiger partial charge in [-0.1, -0.05) is 42.5 Å². The molecule has 0 fully saturated rings. The first-order valence-corrected chi connectivity index (χ1v) is 12.9. The molecule has 9 nitrogen and oxygen atoms in total. The SMILES string of the molecule is CCOc1cc([C@@H]2C(C#N)=C(N)Oc3c2ccc2ccccc32)ccc1OCC(=O)Nc1ccc(C(=O)OC)cc1. The number of amides is 1. The highest BCUT2D eigenvalue weighted by Crippen LogP contribution is 2.46. The molecule has 0 saturated carbocycles. The molecular weight excluding hydrogens is 522 g/mol. The van der Waals surface area contributed by atoms with E-state index in [0.29, 0.717) is 40.7 Å². The molecule has 0 aromatic heterocycles. The van der Waals surface area contributed by atoms with Gasteiger partial charge in [0.1, 0.15) is 17.4 Å². The van der Waals surface area contributed by atoms with Gasteiger partial charge in [-0.2, -0.15) is 5.26 Å². The number of benzene rings is 4. The molecule has 0 unspecified atom stereocenters. The number of methoxy groups -OCH3 is 1. The van der Waals surface area contributed by atoms with Gasteiger partial charge in [0, 0.05) is 16.6 Å². The molecule has 0 aliphatic carbocycles. The second-order valence-corrected chi connectivity index (χ2v) is 9.17. The van der Waals surface area contributed by atoms with E-state index in [0.717, 1.165) is 21.9 Å². The Kier molecular flexibility index (Phi) is 7.74. The van der Waals surface area contributed by atoms with E-state index in [9.17, 15) is 14.9 Å². The number of hydrogen-bond acceptors (Lipinski definition) is 8. The van der Waals surface area contributed by atoms with E-state index in [1.807, 2.05) is 49.4 Å². The molecule has 9 heteroatoms. The average Bonchev–Trinajstić information content (AvgIpc) is 2.99. The molecule has 1 aliphatic rings. The van der Waals surface area contributed by atoms with Crippen LogP contribution in [-0.2, 0) is 9.53 Å². The van der Waals surface area contributed by atoms with Crippen LogP contribution in [0.4, 0.5) is 5.69 Å². The van der Waals surface area contributed by atoms with Gasteiger partial charge in [-0.3, -0.25) is 4.79 Å². The third-order valence-corrected chi connectivity index (χ3v) is 6.66. The number of nitriles is 1. The fraction of sp³-hybridized carbons (Fsp3) is 0.156. The Hall–Kier alpha value is -5.49. The van der Waals surface area contributed by atoms with Gasteiger partial charge in [0.15, 0.2) is 18.1 Å². The van der Waals surface area contributed by atoms with Crippen molar-refractivity contribution >= 4 is 28.3 Å². The monoisotopic (exact) mass is 549 g/mol. The fourth-order valence-electron chi connectivity index (χ4n) is 4.77. The van der Waals surface area contributed by atoms with E-state index >= 15 is 0 Å². The van der Waals surface area contributed by atoms with Crippen LogP contribution in [0.5, 0.6) is 17.2 Å². The molecule has 41 heavy (non-hydrogen) atoms. The molecule has 0 saturated heterocycles. The summed E-state index contributed by atoms with van der Waals surface area (Å²) in [7, 11) is 1.30. The minimum atomic E-state index is -0.488. The summed E-state index contributed by atoms with van der Waals surface area (Å²) in [6, 6.07) is 25.6. The first kappa shape index (κ1) is 27.1. The Morgan fingerprint density at radius 3 is 2.51 bits per heavy atom. The number of fused-ring (bicyclic) bond motifs is 3. The molecule has 1 amide bonds. The maximum Gasteiger partial charge on any atom is 0.337 e. The molecule has 206 valence electrons. The second-order valence-electron chi connectivity index (χ2n) is 9.17. The predicted molar refractivity (Wildman–Crippen MR) is 153 cm³/mol. The van der Waals surface area contributed by atoms with Gasteiger partial charge in [-0.15, -0.1) is 0 Å². The Balaban J connectivity index is 1.39. The Labute approximate surface area is 236 Å². The molecule has 4 aromatic rings. The van der Waals surface area contributed by atoms with E-state index < -0.39 is 17.8 Å². The molecule has 4 aromatic carbocycles. The first-order chi connectivity index (χ1) is 19.9. The Bertz CT molecular complexity index is 1710. The fourth-order valence-corrected chi connectivity index (χ4v) is 4.77. The quantitative estimate of drug-likeness (QED) is 0.284. The molecule has 3 N–H and O–H groups in total. The van der Waals surface area contributed by atoms with Crippen LogP contribution in [0, 0.1) is 11.3 Å². The van der Waals surface area contributed by atoms with Crippen molar-refractivity contribution in [3.8, 4) is 23.3 Å². The highest BCUT2D eigenvalue weighted by atomic mass is 16.5. The number of esters is 1. The highest BCUT2D eigenvalue weighted by molar-refractivity contribution is 5.94. The summed E-state index contributed by atoms with van der Waals surface area (Å²) in [5.41, 5.74) is 8.98. The van der Waals surface area contributed by atoms with Crippen LogP contribution in [0.15, 0.2) is 90.3 Å². The smallest absolute Gasteiger partial charge is 0.337 e. The number of nitrogens with two attached hydrogens (primary N) is 1. The van der Waals surface area contributed by atoms with E-state index in [4.69, 9.17) is 19.9 Å². The molecule has 1 atom stereocenters. The molecule has 1 heterocycles. The largest absolute Gasteiger partial charge is 0.490 e. The number of rotatable bonds is 8. The lowest BCUT2D eigenvalue weighted by molar-refractivity contribution is -0.118. The van der Waals surface area contributed by atoms with Crippen molar-refractivity contribution in [2.75, 3.05) is 25.6 Å². The zero-order valence-electron chi connectivity index (χ0n) is 22.5. The van der Waals surface area contributed by atoms with Crippen molar-refractivity contribution in [1.82, 2.24) is 0 Å². The third kappa shape index (κ3) is 5.49. The number of anilines is 1. The van der Waals surface area contributed by atoms with Crippen molar-refractivity contribution < 1.29 is 28.5 Å². The third-order valence-electron chi connectivity index (χ3n) is 6.66. The summed E-state index contributed by atoms with van der Waals surface area (Å²) in [4.78, 5) is 24.2. The maximum absolute atomic E-state index is 12.6. The molecule has 1 aliphatic heterocycles. The van der Waals surface area contributed by atoms with Crippen LogP contribution in [0.1, 0.15) is 34.3 Å². The van der Waals surface area contributed by atoms with Gasteiger partial charge < -0.3 is 30.0 Å². The number of allylic oxidation sites excluding steroid dienone is 1. The number of carbonyl (C=O) groups is 2. The summed E-state index contributed by atoms with van der Waals surface area (Å²) in [6.45, 7) is 1.92. The van der Waals surface area contributed by atoms with Crippen molar-refractivity contribution in [3.63, 3.8) is 0 Å². The van der Waals surface area contributed by atoms with Crippen LogP contribution >= 0.6 is 0 Å². The number of hydrogen-bond donors (Lipinski definition) is 2. The van der Waals surface area contributed by atoms with Gasteiger partial charge in [-0.05, 0) is 54.3 Å². The number of nitrogens with one attached hydrogen (secondary N) is 1. The van der Waals surface area contributed by atoms with Crippen molar-refractivity contribution in [3.05, 3.63) is 107 Å². The summed E-state index contributed by atoms with van der Waals surface area (Å²) >= 11 is 0. The molecule has 5 rings (SSSR count). The Morgan fingerprint density at radius 2 is 1.78 bits per heavy atom. The minimum absolute atomic E-state index is 0.0518. The highest BCUT2D eigenvalue weighted by Gasteiger charge is 2.32. The zero-order valence-corrected chi connectivity index (χ0v) is 22.5. The molecule has 0 radical (unpaired) electrons. The van der Waals surface area contributed by atoms with Crippen LogP contribution in [0.3, 0.4) is 0 Å². The second kappa shape index (κ2) is 11.7. The van der Waals surface area contributed by atoms with Crippen LogP contribution < -0.4 is 25.3 Å². The van der Waals surface area contributed by atoms with Crippen LogP contribution in [-0.4, -0.2) is 32.2 Å². The lowest BCUT2D eigenvalue weighted by atomic mass is 9.82. The van der Waals surface area contributed by atoms with Gasteiger partial charge in [0.25, 0.3) is 5.91 Å². The summed E-state index contributed by atoms with van der Waals surface area (Å²) in [5.74, 6) is 0.108. The maximum atomic E-state index is 12.6. The standard InChI is InChI=1S/C32H27N3O6/c1-3-39-27-16-21(11-15-26(27)40-18-28(36)35-22-12-8-20(9-13-22)32(37)38-2)29-24-14-10-19-6-4-5-7-23(19)30(24)41-31(34)25(29)17-33/h4-16,29H,3,18,34H2,1-2H3,(H,35,36)/t29-/m0/s1. The molecular formula is C32H27N3O6. The van der Waals surface area contributed by atoms with Gasteiger partial charge >= 0.3 is 5.97 Å². The van der Waals surface area contributed by atoms with Gasteiger partial charge in [0.05, 0.1) is 25.2 Å². The van der Waals surface area contributed by atoms with Gasteiger partial charge in [-0.25, -0.2) is 4.79 Å². The minimum Gasteiger partial charge on any atom is -0.490 e. The summed E-state index contributed by atoms with van der Waals surface area (Å²) < 4.78 is 22.3. The Morgan fingerprint density at radius 1 is 1.00 bits per heavy atom. The van der Waals surface area contributed by atoms with Crippen LogP contribution in [0.25, 0.3) is 10.8 Å². The molecule has 0 spiro atoms. The topological polar surface area (TPSA) is 133 Å². The predicted octanol–water partition coefficient (Wildman–Crippen LogP) is 5.26. The zero-order chi connectivity index (χ0) is 28.9. The number of nitrogens with zero attached hydrogens (tertiary/aromatic N) is 1. The van der Waals surface area contributed by atoms with Gasteiger partial charge in [0.2, 0.25) is 5.88 Å². The number of ether oxygens (including phenoxy) is 4. The normalized spacial score (nSPS) is 13.9. The molecule has 0 bridgehead atoms. The van der Waals surface area contributed by atoms with Crippen LogP contribution in [0.2, 0.25) is 0 Å². The average molecular weight is 550 g/mol. The lowest BCUT2D eigenvalue weighted by Gasteiger charge is -2.28. The van der Waals surface area contributed by atoms with E-state index in [2.05, 4.69) is 16.1 Å². The first-order valence-electron chi connectivity index (χ1n) is 12.9. The van der Waals surface area contributed by atoms with E-state index in [1.54, 1.807) is 36.4 Å². The van der Waals surface area contributed by atoms with Crippen molar-refractivity contribution in [2.45, 2.75) is 12.8 Å². The van der Waals surface area contributed by atoms with E-state index in [1.165, 1.54) is 7.11 Å². The van der Waals surface area contributed by atoms with E-state index in [-0.39, 0.29) is 12.5 Å². The van der Waals surface area contributed by atoms with Crippen molar-refractivity contribution in [2.24, 2.45) is 5.73 Å². The number of carbonyl (C=O) groups excluding carboxylic acids is 2. The van der Waals surface area contributed by atoms with Crippen molar-refractivity contribution in [1.29, 1.82) is 5.26 Å².